The number of sulfonamides is 1. The lowest BCUT2D eigenvalue weighted by atomic mass is 10.1. The second-order valence-electron chi connectivity index (χ2n) is 4.38. The van der Waals surface area contributed by atoms with Crippen molar-refractivity contribution in [1.82, 2.24) is 4.31 Å². The minimum absolute atomic E-state index is 0.340. The molecule has 1 aromatic carbocycles. The summed E-state index contributed by atoms with van der Waals surface area (Å²) in [5, 5.41) is 0. The van der Waals surface area contributed by atoms with Gasteiger partial charge in [-0.25, -0.2) is 8.42 Å². The molecule has 0 amide bonds. The van der Waals surface area contributed by atoms with Crippen molar-refractivity contribution in [2.45, 2.75) is 18.7 Å². The Morgan fingerprint density at radius 2 is 1.72 bits per heavy atom. The molecule has 0 saturated carbocycles. The van der Waals surface area contributed by atoms with Crippen molar-refractivity contribution < 1.29 is 13.2 Å². The predicted molar refractivity (Wildman–Crippen MR) is 73.2 cm³/mol. The van der Waals surface area contributed by atoms with Gasteiger partial charge in [0.2, 0.25) is 10.0 Å². The van der Waals surface area contributed by atoms with Gasteiger partial charge in [-0.1, -0.05) is 0 Å². The van der Waals surface area contributed by atoms with Crippen LogP contribution in [0.2, 0.25) is 0 Å². The Bertz CT molecular complexity index is 551. The number of ether oxygens (including phenoxy) is 1. The largest absolute Gasteiger partial charge is 0.379 e. The van der Waals surface area contributed by atoms with E-state index in [-0.39, 0.29) is 0 Å². The van der Waals surface area contributed by atoms with Crippen molar-refractivity contribution in [3.63, 3.8) is 0 Å². The third kappa shape index (κ3) is 2.61. The van der Waals surface area contributed by atoms with Crippen molar-refractivity contribution in [1.29, 1.82) is 0 Å². The normalized spacial score (nSPS) is 17.9. The fourth-order valence-electron chi connectivity index (χ4n) is 1.88. The van der Waals surface area contributed by atoms with E-state index in [4.69, 9.17) is 4.74 Å². The first-order valence-corrected chi connectivity index (χ1v) is 8.01. The molecule has 0 bridgehead atoms. The fraction of sp³-hybridized carbons (Fsp3) is 0.500. The summed E-state index contributed by atoms with van der Waals surface area (Å²) in [7, 11) is -3.43. The van der Waals surface area contributed by atoms with Crippen LogP contribution in [0.15, 0.2) is 21.5 Å². The van der Waals surface area contributed by atoms with Crippen LogP contribution in [0.5, 0.6) is 0 Å². The quantitative estimate of drug-likeness (QED) is 0.832. The molecule has 1 saturated heterocycles. The van der Waals surface area contributed by atoms with Gasteiger partial charge in [-0.15, -0.1) is 0 Å². The Labute approximate surface area is 116 Å². The van der Waals surface area contributed by atoms with Crippen LogP contribution in [-0.2, 0) is 14.8 Å². The monoisotopic (exact) mass is 333 g/mol. The summed E-state index contributed by atoms with van der Waals surface area (Å²) in [4.78, 5) is 0.340. The summed E-state index contributed by atoms with van der Waals surface area (Å²) in [6.07, 6.45) is 0. The van der Waals surface area contributed by atoms with Gasteiger partial charge in [0.25, 0.3) is 0 Å². The molecule has 0 N–H and O–H groups in total. The molecule has 0 spiro atoms. The Kier molecular flexibility index (Phi) is 4.11. The molecule has 1 heterocycles. The summed E-state index contributed by atoms with van der Waals surface area (Å²) in [6, 6.07) is 3.58. The van der Waals surface area contributed by atoms with E-state index in [1.165, 1.54) is 4.31 Å². The van der Waals surface area contributed by atoms with E-state index in [1.54, 1.807) is 6.07 Å². The number of rotatable bonds is 2. The van der Waals surface area contributed by atoms with Crippen LogP contribution in [0.25, 0.3) is 0 Å². The average molecular weight is 334 g/mol. The summed E-state index contributed by atoms with van der Waals surface area (Å²) in [6.45, 7) is 5.64. The third-order valence-corrected chi connectivity index (χ3v) is 5.99. The first-order valence-electron chi connectivity index (χ1n) is 5.77. The standard InChI is InChI=1S/C12H16BrNO3S/c1-9-7-11(13)12(8-10(9)2)18(15,16)14-3-5-17-6-4-14/h7-8H,3-6H2,1-2H3. The van der Waals surface area contributed by atoms with Gasteiger partial charge in [-0.2, -0.15) is 4.31 Å². The topological polar surface area (TPSA) is 46.6 Å². The Morgan fingerprint density at radius 1 is 1.17 bits per heavy atom. The molecule has 1 aliphatic heterocycles. The van der Waals surface area contributed by atoms with E-state index in [9.17, 15) is 8.42 Å². The summed E-state index contributed by atoms with van der Waals surface area (Å²) in [5.41, 5.74) is 2.05. The zero-order valence-corrected chi connectivity index (χ0v) is 12.8. The van der Waals surface area contributed by atoms with E-state index in [0.29, 0.717) is 35.7 Å². The zero-order chi connectivity index (χ0) is 13.3. The lowest BCUT2D eigenvalue weighted by Crippen LogP contribution is -2.40. The number of aryl methyl sites for hydroxylation is 2. The lowest BCUT2D eigenvalue weighted by molar-refractivity contribution is 0.0730. The average Bonchev–Trinajstić information content (AvgIpc) is 2.34. The minimum Gasteiger partial charge on any atom is -0.379 e. The molecule has 2 rings (SSSR count). The van der Waals surface area contributed by atoms with Gasteiger partial charge in [0, 0.05) is 17.6 Å². The highest BCUT2D eigenvalue weighted by molar-refractivity contribution is 9.10. The van der Waals surface area contributed by atoms with Crippen LogP contribution >= 0.6 is 15.9 Å². The van der Waals surface area contributed by atoms with Crippen LogP contribution < -0.4 is 0 Å². The maximum atomic E-state index is 12.5. The maximum absolute atomic E-state index is 12.5. The van der Waals surface area contributed by atoms with Crippen LogP contribution in [0.4, 0.5) is 0 Å². The second kappa shape index (κ2) is 5.28. The highest BCUT2D eigenvalue weighted by atomic mass is 79.9. The number of hydrogen-bond acceptors (Lipinski definition) is 3. The molecule has 0 atom stereocenters. The van der Waals surface area contributed by atoms with Crippen LogP contribution in [0.1, 0.15) is 11.1 Å². The summed E-state index contributed by atoms with van der Waals surface area (Å²) >= 11 is 3.35. The van der Waals surface area contributed by atoms with Crippen molar-refractivity contribution in [2.24, 2.45) is 0 Å². The number of benzene rings is 1. The van der Waals surface area contributed by atoms with Crippen LogP contribution in [0, 0.1) is 13.8 Å². The summed E-state index contributed by atoms with van der Waals surface area (Å²) < 4.78 is 32.3. The van der Waals surface area contributed by atoms with E-state index in [0.717, 1.165) is 11.1 Å². The van der Waals surface area contributed by atoms with Gasteiger partial charge < -0.3 is 4.74 Å². The highest BCUT2D eigenvalue weighted by Crippen LogP contribution is 2.28. The second-order valence-corrected chi connectivity index (χ2v) is 7.14. The number of halogens is 1. The molecule has 0 radical (unpaired) electrons. The lowest BCUT2D eigenvalue weighted by Gasteiger charge is -2.26. The summed E-state index contributed by atoms with van der Waals surface area (Å²) in [5.74, 6) is 0. The molecule has 0 unspecified atom stereocenters. The fourth-order valence-corrected chi connectivity index (χ4v) is 4.49. The first-order chi connectivity index (χ1) is 8.43. The Hall–Kier alpha value is -0.430. The minimum atomic E-state index is -3.43. The van der Waals surface area contributed by atoms with E-state index >= 15 is 0 Å². The molecule has 100 valence electrons. The van der Waals surface area contributed by atoms with Gasteiger partial charge in [0.1, 0.15) is 0 Å². The van der Waals surface area contributed by atoms with Gasteiger partial charge in [-0.3, -0.25) is 0 Å². The van der Waals surface area contributed by atoms with Gasteiger partial charge in [-0.05, 0) is 53.0 Å². The zero-order valence-electron chi connectivity index (χ0n) is 10.4. The SMILES string of the molecule is Cc1cc(Br)c(S(=O)(=O)N2CCOCC2)cc1C. The smallest absolute Gasteiger partial charge is 0.244 e. The van der Waals surface area contributed by atoms with Crippen molar-refractivity contribution in [2.75, 3.05) is 26.3 Å². The molecule has 1 aromatic rings. The predicted octanol–water partition coefficient (Wildman–Crippen LogP) is 2.09. The highest BCUT2D eigenvalue weighted by Gasteiger charge is 2.28. The van der Waals surface area contributed by atoms with E-state index in [1.807, 2.05) is 19.9 Å². The van der Waals surface area contributed by atoms with Gasteiger partial charge >= 0.3 is 0 Å². The van der Waals surface area contributed by atoms with Crippen molar-refractivity contribution in [3.8, 4) is 0 Å². The van der Waals surface area contributed by atoms with Crippen molar-refractivity contribution >= 4 is 26.0 Å². The number of hydrogen-bond donors (Lipinski definition) is 0. The Balaban J connectivity index is 2.43. The molecular formula is C12H16BrNO3S. The Morgan fingerprint density at radius 3 is 2.33 bits per heavy atom. The van der Waals surface area contributed by atoms with E-state index in [2.05, 4.69) is 15.9 Å². The third-order valence-electron chi connectivity index (χ3n) is 3.14. The number of morpholine rings is 1. The first kappa shape index (κ1) is 14.0. The van der Waals surface area contributed by atoms with Crippen LogP contribution in [0.3, 0.4) is 0 Å². The molecule has 4 nitrogen and oxygen atoms in total. The van der Waals surface area contributed by atoms with Crippen LogP contribution in [-0.4, -0.2) is 39.0 Å². The molecule has 18 heavy (non-hydrogen) atoms. The van der Waals surface area contributed by atoms with Gasteiger partial charge in [0.05, 0.1) is 18.1 Å². The molecular weight excluding hydrogens is 318 g/mol. The molecule has 6 heteroatoms. The molecule has 1 fully saturated rings. The van der Waals surface area contributed by atoms with Crippen molar-refractivity contribution in [3.05, 3.63) is 27.7 Å². The van der Waals surface area contributed by atoms with Gasteiger partial charge in [0.15, 0.2) is 0 Å². The molecule has 0 aliphatic carbocycles. The maximum Gasteiger partial charge on any atom is 0.244 e. The molecule has 1 aliphatic rings. The van der Waals surface area contributed by atoms with E-state index < -0.39 is 10.0 Å². The number of nitrogens with zero attached hydrogens (tertiary/aromatic N) is 1. The molecule has 0 aromatic heterocycles.